The van der Waals surface area contributed by atoms with E-state index in [9.17, 15) is 17.6 Å². The van der Waals surface area contributed by atoms with E-state index in [4.69, 9.17) is 0 Å². The molecule has 0 fully saturated rings. The number of ketones is 1. The number of hydrogen-bond donors (Lipinski definition) is 1. The van der Waals surface area contributed by atoms with Crippen LogP contribution in [-0.4, -0.2) is 30.9 Å². The van der Waals surface area contributed by atoms with Gasteiger partial charge in [-0.25, -0.2) is 17.5 Å². The average molecular weight is 371 g/mol. The topological polar surface area (TPSA) is 89.0 Å². The van der Waals surface area contributed by atoms with E-state index in [0.717, 1.165) is 6.07 Å². The van der Waals surface area contributed by atoms with Crippen LogP contribution in [0.25, 0.3) is 11.1 Å². The van der Waals surface area contributed by atoms with Gasteiger partial charge in [0, 0.05) is 5.56 Å². The van der Waals surface area contributed by atoms with Crippen molar-refractivity contribution in [2.24, 2.45) is 0 Å². The summed E-state index contributed by atoms with van der Waals surface area (Å²) in [5.41, 5.74) is 1.05. The standard InChI is InChI=1S/C18H14FN3O3S/c19-17-7-6-13(14-8-9-20-21-11-14)10-16(17)18(23)12-22-26(24,25)15-4-2-1-3-5-15/h1-11,22H,12H2. The molecule has 0 atom stereocenters. The zero-order valence-corrected chi connectivity index (χ0v) is 14.3. The molecule has 1 heterocycles. The third kappa shape index (κ3) is 3.98. The van der Waals surface area contributed by atoms with Crippen LogP contribution in [0.4, 0.5) is 4.39 Å². The largest absolute Gasteiger partial charge is 0.293 e. The molecule has 1 aromatic heterocycles. The Morgan fingerprint density at radius 3 is 2.46 bits per heavy atom. The number of carbonyl (C=O) groups excluding carboxylic acids is 1. The van der Waals surface area contributed by atoms with Gasteiger partial charge in [-0.1, -0.05) is 24.3 Å². The van der Waals surface area contributed by atoms with Crippen LogP contribution in [0.5, 0.6) is 0 Å². The summed E-state index contributed by atoms with van der Waals surface area (Å²) < 4.78 is 40.6. The van der Waals surface area contributed by atoms with Crippen LogP contribution in [0.1, 0.15) is 10.4 Å². The molecule has 0 saturated heterocycles. The molecule has 0 bridgehead atoms. The number of nitrogens with one attached hydrogen (secondary N) is 1. The first-order valence-electron chi connectivity index (χ1n) is 7.62. The fourth-order valence-corrected chi connectivity index (χ4v) is 3.32. The van der Waals surface area contributed by atoms with Crippen molar-refractivity contribution in [2.45, 2.75) is 4.90 Å². The van der Waals surface area contributed by atoms with Crippen LogP contribution < -0.4 is 4.72 Å². The molecule has 2 aromatic carbocycles. The molecule has 3 aromatic rings. The van der Waals surface area contributed by atoms with Gasteiger partial charge in [-0.05, 0) is 35.9 Å². The molecule has 6 nitrogen and oxygen atoms in total. The Morgan fingerprint density at radius 1 is 1.00 bits per heavy atom. The molecule has 0 spiro atoms. The summed E-state index contributed by atoms with van der Waals surface area (Å²) in [6, 6.07) is 13.3. The molecular weight excluding hydrogens is 357 g/mol. The summed E-state index contributed by atoms with van der Waals surface area (Å²) in [6.45, 7) is -0.549. The van der Waals surface area contributed by atoms with Crippen molar-refractivity contribution >= 4 is 15.8 Å². The molecule has 0 aliphatic rings. The summed E-state index contributed by atoms with van der Waals surface area (Å²) in [5.74, 6) is -1.40. The summed E-state index contributed by atoms with van der Waals surface area (Å²) in [6.07, 6.45) is 2.97. The quantitative estimate of drug-likeness (QED) is 0.673. The van der Waals surface area contributed by atoms with Gasteiger partial charge in [0.1, 0.15) is 5.82 Å². The summed E-state index contributed by atoms with van der Waals surface area (Å²) in [7, 11) is -3.85. The Labute approximate surface area is 149 Å². The zero-order valence-electron chi connectivity index (χ0n) is 13.5. The Balaban J connectivity index is 1.80. The number of nitrogens with zero attached hydrogens (tertiary/aromatic N) is 2. The van der Waals surface area contributed by atoms with Gasteiger partial charge in [-0.3, -0.25) is 4.79 Å². The van der Waals surface area contributed by atoms with Crippen LogP contribution in [0.3, 0.4) is 0 Å². The molecule has 0 aliphatic heterocycles. The van der Waals surface area contributed by atoms with E-state index in [0.29, 0.717) is 11.1 Å². The predicted octanol–water partition coefficient (Wildman–Crippen LogP) is 2.44. The molecule has 132 valence electrons. The zero-order chi connectivity index (χ0) is 18.6. The van der Waals surface area contributed by atoms with Crippen molar-refractivity contribution in [3.05, 3.63) is 78.4 Å². The van der Waals surface area contributed by atoms with Crippen LogP contribution in [0, 0.1) is 5.82 Å². The van der Waals surface area contributed by atoms with Crippen molar-refractivity contribution in [1.82, 2.24) is 14.9 Å². The lowest BCUT2D eigenvalue weighted by molar-refractivity contribution is 0.0993. The van der Waals surface area contributed by atoms with Gasteiger partial charge in [0.2, 0.25) is 10.0 Å². The van der Waals surface area contributed by atoms with Gasteiger partial charge in [-0.15, -0.1) is 0 Å². The van der Waals surface area contributed by atoms with E-state index in [-0.39, 0.29) is 10.5 Å². The number of benzene rings is 2. The lowest BCUT2D eigenvalue weighted by atomic mass is 10.0. The number of sulfonamides is 1. The molecule has 26 heavy (non-hydrogen) atoms. The maximum atomic E-state index is 14.1. The molecule has 0 unspecified atom stereocenters. The molecule has 8 heteroatoms. The SMILES string of the molecule is O=C(CNS(=O)(=O)c1ccccc1)c1cc(-c2ccnnc2)ccc1F. The second kappa shape index (κ2) is 7.51. The van der Waals surface area contributed by atoms with E-state index in [1.807, 2.05) is 0 Å². The Kier molecular flexibility index (Phi) is 5.15. The molecule has 3 rings (SSSR count). The number of aromatic nitrogens is 2. The first-order valence-corrected chi connectivity index (χ1v) is 9.10. The van der Waals surface area contributed by atoms with Gasteiger partial charge >= 0.3 is 0 Å². The predicted molar refractivity (Wildman–Crippen MR) is 93.4 cm³/mol. The third-order valence-electron chi connectivity index (χ3n) is 3.66. The van der Waals surface area contributed by atoms with E-state index in [2.05, 4.69) is 14.9 Å². The number of Topliss-reactive ketones (excluding diaryl/α,β-unsaturated/α-hetero) is 1. The Bertz CT molecular complexity index is 1030. The monoisotopic (exact) mass is 371 g/mol. The van der Waals surface area contributed by atoms with Crippen molar-refractivity contribution in [2.75, 3.05) is 6.54 Å². The first-order chi connectivity index (χ1) is 12.5. The van der Waals surface area contributed by atoms with Crippen LogP contribution in [0.15, 0.2) is 71.9 Å². The lowest BCUT2D eigenvalue weighted by Crippen LogP contribution is -2.30. The fourth-order valence-electron chi connectivity index (χ4n) is 2.32. The molecule has 0 amide bonds. The highest BCUT2D eigenvalue weighted by molar-refractivity contribution is 7.89. The minimum atomic E-state index is -3.85. The molecular formula is C18H14FN3O3S. The number of halogens is 1. The normalized spacial score (nSPS) is 11.3. The van der Waals surface area contributed by atoms with Crippen molar-refractivity contribution in [1.29, 1.82) is 0 Å². The molecule has 0 aliphatic carbocycles. The number of rotatable bonds is 6. The van der Waals surface area contributed by atoms with E-state index >= 15 is 0 Å². The smallest absolute Gasteiger partial charge is 0.240 e. The van der Waals surface area contributed by atoms with E-state index in [1.54, 1.807) is 24.3 Å². The molecule has 0 radical (unpaired) electrons. The summed E-state index contributed by atoms with van der Waals surface area (Å²) >= 11 is 0. The maximum Gasteiger partial charge on any atom is 0.240 e. The third-order valence-corrected chi connectivity index (χ3v) is 5.08. The second-order valence-electron chi connectivity index (χ2n) is 5.39. The van der Waals surface area contributed by atoms with Crippen LogP contribution in [-0.2, 0) is 10.0 Å². The van der Waals surface area contributed by atoms with Gasteiger partial charge in [0.15, 0.2) is 5.78 Å². The number of carbonyl (C=O) groups is 1. The Morgan fingerprint density at radius 2 is 1.77 bits per heavy atom. The van der Waals surface area contributed by atoms with Gasteiger partial charge < -0.3 is 0 Å². The average Bonchev–Trinajstić information content (AvgIpc) is 2.68. The maximum absolute atomic E-state index is 14.1. The second-order valence-corrected chi connectivity index (χ2v) is 7.15. The minimum absolute atomic E-state index is 0.0323. The molecule has 1 N–H and O–H groups in total. The van der Waals surface area contributed by atoms with Crippen LogP contribution >= 0.6 is 0 Å². The van der Waals surface area contributed by atoms with E-state index in [1.165, 1.54) is 36.7 Å². The van der Waals surface area contributed by atoms with Gasteiger partial charge in [0.25, 0.3) is 0 Å². The van der Waals surface area contributed by atoms with Gasteiger partial charge in [-0.2, -0.15) is 10.2 Å². The first kappa shape index (κ1) is 17.8. The number of hydrogen-bond acceptors (Lipinski definition) is 5. The highest BCUT2D eigenvalue weighted by Gasteiger charge is 2.18. The highest BCUT2D eigenvalue weighted by Crippen LogP contribution is 2.21. The minimum Gasteiger partial charge on any atom is -0.293 e. The van der Waals surface area contributed by atoms with Crippen molar-refractivity contribution in [3.8, 4) is 11.1 Å². The molecule has 0 saturated carbocycles. The van der Waals surface area contributed by atoms with E-state index < -0.39 is 28.2 Å². The lowest BCUT2D eigenvalue weighted by Gasteiger charge is -2.08. The summed E-state index contributed by atoms with van der Waals surface area (Å²) in [5, 5.41) is 7.40. The van der Waals surface area contributed by atoms with Crippen LogP contribution in [0.2, 0.25) is 0 Å². The van der Waals surface area contributed by atoms with Crippen molar-refractivity contribution in [3.63, 3.8) is 0 Å². The van der Waals surface area contributed by atoms with Crippen molar-refractivity contribution < 1.29 is 17.6 Å². The summed E-state index contributed by atoms with van der Waals surface area (Å²) in [4.78, 5) is 12.4. The highest BCUT2D eigenvalue weighted by atomic mass is 32.2. The Hall–Kier alpha value is -2.97. The van der Waals surface area contributed by atoms with Gasteiger partial charge in [0.05, 0.1) is 29.4 Å². The fraction of sp³-hybridized carbons (Fsp3) is 0.0556.